The molecule has 6 heteroatoms. The van der Waals surface area contributed by atoms with E-state index >= 15 is 0 Å². The largest absolute Gasteiger partial charge is 0.503 e. The van der Waals surface area contributed by atoms with E-state index in [-0.39, 0.29) is 37.8 Å². The van der Waals surface area contributed by atoms with Crippen molar-refractivity contribution in [3.05, 3.63) is 139 Å². The maximum atomic E-state index is 8.00. The molecule has 0 fully saturated rings. The van der Waals surface area contributed by atoms with Crippen molar-refractivity contribution < 1.29 is 33.7 Å². The van der Waals surface area contributed by atoms with Crippen LogP contribution in [0.5, 0.6) is 23.0 Å². The summed E-state index contributed by atoms with van der Waals surface area (Å²) in [5.74, 6) is 3.05. The summed E-state index contributed by atoms with van der Waals surface area (Å²) < 4.78 is 36.7. The fourth-order valence-corrected chi connectivity index (χ4v) is 5.82. The Balaban J connectivity index is 0.000000260. The standard InChI is InChI=1S/C28H23BNO2.C11H8N.Ir/c1-17-16-30-22(15-19(17)28(2,3)4)18-9-7-11-21-27(18)32-25-14-8-13-24-26(25)29(21)20-10-5-6-12-23(20)31-24;1-2-6-10(7-3-1)11-8-4-5-9-12-11;/h5-8,10-16H,1-4H3;1-6,8-9H;/q2*-1;/i1D3;;. The van der Waals surface area contributed by atoms with Crippen LogP contribution in [0.4, 0.5) is 0 Å². The van der Waals surface area contributed by atoms with E-state index in [4.69, 9.17) is 13.6 Å². The van der Waals surface area contributed by atoms with Gasteiger partial charge in [-0.25, -0.2) is 0 Å². The number of fused-ring (bicyclic) bond motifs is 4. The summed E-state index contributed by atoms with van der Waals surface area (Å²) in [6.45, 7) is 3.74. The fraction of sp³-hybridized carbons (Fsp3) is 0.128. The Hall–Kier alpha value is -4.51. The average molecular weight is 766 g/mol. The summed E-state index contributed by atoms with van der Waals surface area (Å²) in [6, 6.07) is 39.9. The van der Waals surface area contributed by atoms with Crippen molar-refractivity contribution in [1.82, 2.24) is 9.97 Å². The molecular formula is C39H31BIrN2O2-2. The molecule has 4 heterocycles. The number of benzene rings is 4. The third kappa shape index (κ3) is 5.84. The van der Waals surface area contributed by atoms with Gasteiger partial charge >= 0.3 is 0 Å². The van der Waals surface area contributed by atoms with Gasteiger partial charge < -0.3 is 19.4 Å². The molecule has 0 spiro atoms. The molecule has 2 aromatic heterocycles. The van der Waals surface area contributed by atoms with Crippen molar-refractivity contribution in [2.75, 3.05) is 0 Å². The molecule has 0 aliphatic carbocycles. The van der Waals surface area contributed by atoms with E-state index in [1.54, 1.807) is 6.20 Å². The summed E-state index contributed by atoms with van der Waals surface area (Å²) in [5, 5.41) is 0. The normalized spacial score (nSPS) is 13.4. The Labute approximate surface area is 283 Å². The minimum Gasteiger partial charge on any atom is -0.503 e. The minimum atomic E-state index is -2.24. The number of hydrogen-bond donors (Lipinski definition) is 0. The summed E-state index contributed by atoms with van der Waals surface area (Å²) in [7, 11) is 0. The molecule has 0 N–H and O–H groups in total. The third-order valence-corrected chi connectivity index (χ3v) is 7.89. The van der Waals surface area contributed by atoms with Crippen LogP contribution >= 0.6 is 0 Å². The van der Waals surface area contributed by atoms with Gasteiger partial charge in [0.1, 0.15) is 17.2 Å². The molecule has 6 aromatic rings. The zero-order valence-corrected chi connectivity index (χ0v) is 27.5. The Kier molecular flexibility index (Phi) is 7.45. The second kappa shape index (κ2) is 12.5. The number of ether oxygens (including phenoxy) is 2. The van der Waals surface area contributed by atoms with Gasteiger partial charge in [0.2, 0.25) is 6.71 Å². The van der Waals surface area contributed by atoms with Crippen LogP contribution in [0.3, 0.4) is 0 Å². The second-order valence-corrected chi connectivity index (χ2v) is 11.8. The number of aryl methyl sites for hydroxylation is 1. The quantitative estimate of drug-likeness (QED) is 0.136. The molecule has 4 aromatic carbocycles. The SMILES string of the molecule is [2H]C([2H])([2H])c1cnc(-c2[c-]ccc3c2Oc2cccc4c2B3c2ccccc2O4)cc1C(C)(C)C.[Ir].[c-]1ccccc1-c1ccccn1. The zero-order valence-electron chi connectivity index (χ0n) is 28.1. The molecule has 0 amide bonds. The summed E-state index contributed by atoms with van der Waals surface area (Å²) >= 11 is 0. The van der Waals surface area contributed by atoms with Crippen LogP contribution in [0.1, 0.15) is 36.0 Å². The van der Waals surface area contributed by atoms with E-state index in [0.29, 0.717) is 17.0 Å². The molecule has 8 rings (SSSR count). The Bertz CT molecular complexity index is 2050. The molecule has 223 valence electrons. The van der Waals surface area contributed by atoms with E-state index in [1.807, 2.05) is 118 Å². The number of hydrogen-bond acceptors (Lipinski definition) is 4. The van der Waals surface area contributed by atoms with Gasteiger partial charge in [-0.3, -0.25) is 0 Å². The Morgan fingerprint density at radius 1 is 0.733 bits per heavy atom. The number of nitrogens with zero attached hydrogens (tertiary/aromatic N) is 2. The second-order valence-electron chi connectivity index (χ2n) is 11.8. The Morgan fingerprint density at radius 2 is 1.51 bits per heavy atom. The molecular weight excluding hydrogens is 731 g/mol. The average Bonchev–Trinajstić information content (AvgIpc) is 3.08. The smallest absolute Gasteiger partial charge is 0.241 e. The molecule has 0 atom stereocenters. The first-order valence-corrected chi connectivity index (χ1v) is 14.6. The summed E-state index contributed by atoms with van der Waals surface area (Å²) in [5.41, 5.74) is 7.09. The van der Waals surface area contributed by atoms with Gasteiger partial charge in [0, 0.05) is 47.8 Å². The van der Waals surface area contributed by atoms with Gasteiger partial charge in [0.05, 0.1) is 0 Å². The number of rotatable bonds is 2. The molecule has 0 unspecified atom stereocenters. The first-order valence-electron chi connectivity index (χ1n) is 16.1. The van der Waals surface area contributed by atoms with Gasteiger partial charge in [-0.2, -0.15) is 0 Å². The Morgan fingerprint density at radius 3 is 2.27 bits per heavy atom. The van der Waals surface area contributed by atoms with E-state index in [0.717, 1.165) is 50.5 Å². The molecule has 2 aliphatic heterocycles. The predicted molar refractivity (Wildman–Crippen MR) is 178 cm³/mol. The monoisotopic (exact) mass is 766 g/mol. The van der Waals surface area contributed by atoms with Crippen molar-refractivity contribution in [1.29, 1.82) is 0 Å². The summed E-state index contributed by atoms with van der Waals surface area (Å²) in [4.78, 5) is 8.80. The van der Waals surface area contributed by atoms with E-state index < -0.39 is 6.85 Å². The van der Waals surface area contributed by atoms with Gasteiger partial charge in [-0.05, 0) is 64.5 Å². The number of pyridine rings is 2. The van der Waals surface area contributed by atoms with E-state index in [9.17, 15) is 0 Å². The van der Waals surface area contributed by atoms with Crippen LogP contribution in [0, 0.1) is 19.0 Å². The van der Waals surface area contributed by atoms with Crippen LogP contribution in [0.25, 0.3) is 22.5 Å². The van der Waals surface area contributed by atoms with Crippen LogP contribution in [0.2, 0.25) is 0 Å². The van der Waals surface area contributed by atoms with Crippen molar-refractivity contribution in [2.24, 2.45) is 0 Å². The fourth-order valence-electron chi connectivity index (χ4n) is 5.82. The minimum absolute atomic E-state index is 0. The van der Waals surface area contributed by atoms with Gasteiger partial charge in [0.15, 0.2) is 0 Å². The topological polar surface area (TPSA) is 44.2 Å². The maximum absolute atomic E-state index is 8.00. The van der Waals surface area contributed by atoms with Crippen molar-refractivity contribution >= 4 is 23.1 Å². The molecule has 0 saturated heterocycles. The maximum Gasteiger partial charge on any atom is 0.241 e. The molecule has 1 radical (unpaired) electrons. The van der Waals surface area contributed by atoms with Crippen LogP contribution < -0.4 is 25.9 Å². The number of para-hydroxylation sites is 1. The molecule has 0 bridgehead atoms. The van der Waals surface area contributed by atoms with Gasteiger partial charge in [-0.15, -0.1) is 59.6 Å². The van der Waals surface area contributed by atoms with E-state index in [1.165, 1.54) is 6.20 Å². The number of aromatic nitrogens is 2. The summed E-state index contributed by atoms with van der Waals surface area (Å²) in [6.07, 6.45) is 3.27. The third-order valence-electron chi connectivity index (χ3n) is 7.89. The van der Waals surface area contributed by atoms with Crippen LogP contribution in [-0.4, -0.2) is 16.7 Å². The zero-order chi connectivity index (χ0) is 32.8. The van der Waals surface area contributed by atoms with E-state index in [2.05, 4.69) is 28.2 Å². The predicted octanol–water partition coefficient (Wildman–Crippen LogP) is 7.43. The molecule has 2 aliphatic rings. The van der Waals surface area contributed by atoms with Crippen molar-refractivity contribution in [3.63, 3.8) is 0 Å². The van der Waals surface area contributed by atoms with Crippen molar-refractivity contribution in [3.8, 4) is 45.5 Å². The van der Waals surface area contributed by atoms with Crippen LogP contribution in [-0.2, 0) is 25.5 Å². The first kappa shape index (κ1) is 26.9. The van der Waals surface area contributed by atoms with Gasteiger partial charge in [0.25, 0.3) is 0 Å². The van der Waals surface area contributed by atoms with Gasteiger partial charge in [-0.1, -0.05) is 68.8 Å². The molecule has 4 nitrogen and oxygen atoms in total. The van der Waals surface area contributed by atoms with Crippen molar-refractivity contribution in [2.45, 2.75) is 33.0 Å². The van der Waals surface area contributed by atoms with Crippen LogP contribution in [0.15, 0.2) is 116 Å². The first-order chi connectivity index (χ1) is 22.6. The molecule has 0 saturated carbocycles. The molecule has 45 heavy (non-hydrogen) atoms.